The van der Waals surface area contributed by atoms with Gasteiger partial charge in [-0.05, 0) is 48.5 Å². The molecule has 0 unspecified atom stereocenters. The second-order valence-corrected chi connectivity index (χ2v) is 7.53. The number of rotatable bonds is 5. The molecule has 0 aliphatic carbocycles. The van der Waals surface area contributed by atoms with Crippen molar-refractivity contribution in [3.63, 3.8) is 0 Å². The number of hydrogen-bond acceptors (Lipinski definition) is 8. The standard InChI is InChI=1S/C23H14ClN3O8/c1-34-22(30)12-2-4-13(5-3-12)26-21(29)17(20(28)25-23(26)31)11-15-7-9-19(35-15)16-8-6-14(27(32)33)10-18(16)24/h2-11H,1H3,(H,25,28,31)/b17-11-. The Hall–Kier alpha value is -4.77. The maximum atomic E-state index is 13.0. The molecular weight excluding hydrogens is 482 g/mol. The van der Waals surface area contributed by atoms with Crippen LogP contribution in [0, 0.1) is 10.1 Å². The highest BCUT2D eigenvalue weighted by molar-refractivity contribution is 6.39. The van der Waals surface area contributed by atoms with Crippen molar-refractivity contribution < 1.29 is 33.3 Å². The molecule has 1 saturated heterocycles. The SMILES string of the molecule is COC(=O)c1ccc(N2C(=O)NC(=O)/C(=C/c3ccc(-c4ccc([N+](=O)[O-])cc4Cl)o3)C2=O)cc1. The third-order valence-corrected chi connectivity index (χ3v) is 5.30. The molecule has 1 aliphatic rings. The van der Waals surface area contributed by atoms with Crippen LogP contribution in [0.25, 0.3) is 17.4 Å². The van der Waals surface area contributed by atoms with Gasteiger partial charge in [-0.1, -0.05) is 11.6 Å². The molecule has 2 heterocycles. The highest BCUT2D eigenvalue weighted by Gasteiger charge is 2.37. The molecule has 12 heteroatoms. The summed E-state index contributed by atoms with van der Waals surface area (Å²) in [4.78, 5) is 60.4. The zero-order valence-electron chi connectivity index (χ0n) is 17.8. The molecule has 0 bridgehead atoms. The fourth-order valence-electron chi connectivity index (χ4n) is 3.29. The summed E-state index contributed by atoms with van der Waals surface area (Å²) in [5.74, 6) is -2.08. The lowest BCUT2D eigenvalue weighted by Gasteiger charge is -2.26. The van der Waals surface area contributed by atoms with Crippen LogP contribution in [0.1, 0.15) is 16.1 Å². The molecule has 11 nitrogen and oxygen atoms in total. The second kappa shape index (κ2) is 9.23. The molecule has 4 rings (SSSR count). The Morgan fingerprint density at radius 3 is 2.46 bits per heavy atom. The molecule has 0 radical (unpaired) electrons. The molecule has 1 N–H and O–H groups in total. The van der Waals surface area contributed by atoms with Crippen LogP contribution in [-0.4, -0.2) is 35.8 Å². The summed E-state index contributed by atoms with van der Waals surface area (Å²) >= 11 is 6.13. The number of non-ortho nitro benzene ring substituents is 1. The number of furan rings is 1. The van der Waals surface area contributed by atoms with Crippen LogP contribution in [0.5, 0.6) is 0 Å². The molecular formula is C23H14ClN3O8. The van der Waals surface area contributed by atoms with Crippen LogP contribution < -0.4 is 10.2 Å². The van der Waals surface area contributed by atoms with Gasteiger partial charge in [0, 0.05) is 17.7 Å². The summed E-state index contributed by atoms with van der Waals surface area (Å²) < 4.78 is 10.3. The fraction of sp³-hybridized carbons (Fsp3) is 0.0435. The summed E-state index contributed by atoms with van der Waals surface area (Å²) in [6.45, 7) is 0. The van der Waals surface area contributed by atoms with Crippen LogP contribution in [-0.2, 0) is 14.3 Å². The van der Waals surface area contributed by atoms with E-state index in [0.29, 0.717) is 5.56 Å². The Kier molecular flexibility index (Phi) is 6.17. The minimum absolute atomic E-state index is 0.0754. The molecule has 1 fully saturated rings. The largest absolute Gasteiger partial charge is 0.465 e. The highest BCUT2D eigenvalue weighted by Crippen LogP contribution is 2.33. The van der Waals surface area contributed by atoms with Gasteiger partial charge in [0.2, 0.25) is 0 Å². The monoisotopic (exact) mass is 495 g/mol. The van der Waals surface area contributed by atoms with Crippen LogP contribution in [0.4, 0.5) is 16.2 Å². The van der Waals surface area contributed by atoms with E-state index < -0.39 is 28.7 Å². The topological polar surface area (TPSA) is 149 Å². The number of carbonyl (C=O) groups is 4. The Balaban J connectivity index is 1.63. The lowest BCUT2D eigenvalue weighted by atomic mass is 10.1. The predicted octanol–water partition coefficient (Wildman–Crippen LogP) is 3.96. The molecule has 0 saturated carbocycles. The molecule has 3 aromatic rings. The summed E-state index contributed by atoms with van der Waals surface area (Å²) in [6, 6.07) is 11.3. The summed E-state index contributed by atoms with van der Waals surface area (Å²) in [5.41, 5.74) is 0.125. The van der Waals surface area contributed by atoms with Crippen LogP contribution in [0.15, 0.2) is 64.6 Å². The number of nitrogens with zero attached hydrogens (tertiary/aromatic N) is 2. The Bertz CT molecular complexity index is 1420. The van der Waals surface area contributed by atoms with Gasteiger partial charge < -0.3 is 9.15 Å². The minimum Gasteiger partial charge on any atom is -0.465 e. The highest BCUT2D eigenvalue weighted by atomic mass is 35.5. The quantitative estimate of drug-likeness (QED) is 0.184. The van der Waals surface area contributed by atoms with E-state index in [0.717, 1.165) is 11.0 Å². The third kappa shape index (κ3) is 4.52. The van der Waals surface area contributed by atoms with Gasteiger partial charge in [0.05, 0.1) is 28.3 Å². The number of urea groups is 1. The van der Waals surface area contributed by atoms with Gasteiger partial charge in [-0.15, -0.1) is 0 Å². The average molecular weight is 496 g/mol. The van der Waals surface area contributed by atoms with Gasteiger partial charge >= 0.3 is 12.0 Å². The first-order valence-corrected chi connectivity index (χ1v) is 10.2. The van der Waals surface area contributed by atoms with Crippen molar-refractivity contribution in [2.24, 2.45) is 0 Å². The number of barbiturate groups is 1. The van der Waals surface area contributed by atoms with E-state index in [1.54, 1.807) is 0 Å². The van der Waals surface area contributed by atoms with E-state index in [-0.39, 0.29) is 39.1 Å². The molecule has 1 aliphatic heterocycles. The van der Waals surface area contributed by atoms with E-state index >= 15 is 0 Å². The summed E-state index contributed by atoms with van der Waals surface area (Å²) in [6.07, 6.45) is 1.16. The molecule has 0 atom stereocenters. The van der Waals surface area contributed by atoms with Gasteiger partial charge in [-0.25, -0.2) is 14.5 Å². The van der Waals surface area contributed by atoms with E-state index in [1.165, 1.54) is 61.7 Å². The molecule has 1 aromatic heterocycles. The predicted molar refractivity (Wildman–Crippen MR) is 123 cm³/mol. The van der Waals surface area contributed by atoms with Gasteiger partial charge in [0.1, 0.15) is 17.1 Å². The lowest BCUT2D eigenvalue weighted by Crippen LogP contribution is -2.54. The van der Waals surface area contributed by atoms with Gasteiger partial charge in [0.25, 0.3) is 17.5 Å². The minimum atomic E-state index is -0.958. The van der Waals surface area contributed by atoms with E-state index in [2.05, 4.69) is 10.1 Å². The van der Waals surface area contributed by atoms with Crippen LogP contribution in [0.2, 0.25) is 5.02 Å². The Labute approximate surface area is 201 Å². The molecule has 4 amide bonds. The van der Waals surface area contributed by atoms with Crippen molar-refractivity contribution in [2.45, 2.75) is 0 Å². The number of amides is 4. The number of nitrogens with one attached hydrogen (secondary N) is 1. The number of benzene rings is 2. The second-order valence-electron chi connectivity index (χ2n) is 7.12. The van der Waals surface area contributed by atoms with Gasteiger partial charge in [0.15, 0.2) is 0 Å². The van der Waals surface area contributed by atoms with Crippen molar-refractivity contribution in [3.05, 3.63) is 86.6 Å². The number of methoxy groups -OCH3 is 1. The van der Waals surface area contributed by atoms with E-state index in [4.69, 9.17) is 16.0 Å². The maximum Gasteiger partial charge on any atom is 0.337 e. The van der Waals surface area contributed by atoms with Crippen molar-refractivity contribution in [3.8, 4) is 11.3 Å². The van der Waals surface area contributed by atoms with Crippen LogP contribution >= 0.6 is 11.6 Å². The third-order valence-electron chi connectivity index (χ3n) is 4.99. The normalized spacial score (nSPS) is 14.7. The number of carbonyl (C=O) groups excluding carboxylic acids is 4. The van der Waals surface area contributed by atoms with E-state index in [9.17, 15) is 29.3 Å². The van der Waals surface area contributed by atoms with E-state index in [1.807, 2.05) is 0 Å². The Morgan fingerprint density at radius 1 is 1.11 bits per heavy atom. The first kappa shape index (κ1) is 23.4. The summed E-state index contributed by atoms with van der Waals surface area (Å²) in [7, 11) is 1.22. The number of nitro groups is 1. The molecule has 0 spiro atoms. The van der Waals surface area contributed by atoms with Crippen molar-refractivity contribution >= 4 is 52.9 Å². The average Bonchev–Trinajstić information content (AvgIpc) is 3.29. The number of anilines is 1. The van der Waals surface area contributed by atoms with Crippen molar-refractivity contribution in [1.82, 2.24) is 5.32 Å². The van der Waals surface area contributed by atoms with Gasteiger partial charge in [-0.3, -0.25) is 25.0 Å². The zero-order chi connectivity index (χ0) is 25.3. The molecule has 35 heavy (non-hydrogen) atoms. The fourth-order valence-corrected chi connectivity index (χ4v) is 3.56. The number of esters is 1. The number of nitro benzene ring substituents is 1. The first-order valence-electron chi connectivity index (χ1n) is 9.83. The van der Waals surface area contributed by atoms with Crippen molar-refractivity contribution in [2.75, 3.05) is 12.0 Å². The number of halogens is 1. The van der Waals surface area contributed by atoms with Gasteiger partial charge in [-0.2, -0.15) is 0 Å². The smallest absolute Gasteiger partial charge is 0.337 e. The first-order chi connectivity index (χ1) is 16.7. The molecule has 2 aromatic carbocycles. The maximum absolute atomic E-state index is 13.0. The molecule has 176 valence electrons. The number of ether oxygens (including phenoxy) is 1. The van der Waals surface area contributed by atoms with Crippen LogP contribution in [0.3, 0.4) is 0 Å². The lowest BCUT2D eigenvalue weighted by molar-refractivity contribution is -0.384. The summed E-state index contributed by atoms with van der Waals surface area (Å²) in [5, 5.41) is 13.1. The Morgan fingerprint density at radius 2 is 1.83 bits per heavy atom. The zero-order valence-corrected chi connectivity index (χ0v) is 18.6. The number of imide groups is 2. The van der Waals surface area contributed by atoms with Crippen molar-refractivity contribution in [1.29, 1.82) is 0 Å². The number of hydrogen-bond donors (Lipinski definition) is 1.